The van der Waals surface area contributed by atoms with Crippen molar-refractivity contribution in [3.05, 3.63) is 71.0 Å². The maximum Gasteiger partial charge on any atom is 0.254 e. The number of fused-ring (bicyclic) bond motifs is 1. The fraction of sp³-hybridized carbons (Fsp3) is 0.278. The Morgan fingerprint density at radius 3 is 2.73 bits per heavy atom. The lowest BCUT2D eigenvalue weighted by Gasteiger charge is -2.34. The van der Waals surface area contributed by atoms with Gasteiger partial charge >= 0.3 is 0 Å². The first-order chi connectivity index (χ1) is 10.6. The van der Waals surface area contributed by atoms with Gasteiger partial charge in [-0.2, -0.15) is 0 Å². The minimum atomic E-state index is -1.09. The Kier molecular flexibility index (Phi) is 3.94. The summed E-state index contributed by atoms with van der Waals surface area (Å²) in [4.78, 5) is 12.1. The number of hydrogen-bond donors (Lipinski definition) is 2. The van der Waals surface area contributed by atoms with Crippen LogP contribution < -0.4 is 5.32 Å². The predicted octanol–water partition coefficient (Wildman–Crippen LogP) is 2.78. The molecule has 0 aliphatic heterocycles. The summed E-state index contributed by atoms with van der Waals surface area (Å²) < 4.78 is 13.6. The molecule has 1 atom stereocenters. The maximum absolute atomic E-state index is 13.6. The third-order valence-corrected chi connectivity index (χ3v) is 4.22. The summed E-state index contributed by atoms with van der Waals surface area (Å²) in [6, 6.07) is 13.6. The maximum atomic E-state index is 13.6. The molecule has 0 aromatic heterocycles. The van der Waals surface area contributed by atoms with Crippen molar-refractivity contribution in [3.8, 4) is 0 Å². The summed E-state index contributed by atoms with van der Waals surface area (Å²) in [6.07, 6.45) is 2.38. The van der Waals surface area contributed by atoms with E-state index in [-0.39, 0.29) is 12.1 Å². The lowest BCUT2D eigenvalue weighted by atomic mass is 9.79. The van der Waals surface area contributed by atoms with Crippen LogP contribution in [0.3, 0.4) is 0 Å². The van der Waals surface area contributed by atoms with E-state index in [9.17, 15) is 14.3 Å². The van der Waals surface area contributed by atoms with Crippen LogP contribution in [-0.4, -0.2) is 17.6 Å². The minimum absolute atomic E-state index is 0.00445. The van der Waals surface area contributed by atoms with Crippen molar-refractivity contribution in [2.75, 3.05) is 6.54 Å². The van der Waals surface area contributed by atoms with Crippen LogP contribution >= 0.6 is 0 Å². The lowest BCUT2D eigenvalue weighted by molar-refractivity contribution is 0.0189. The minimum Gasteiger partial charge on any atom is -0.383 e. The second kappa shape index (κ2) is 5.89. The molecule has 4 heteroatoms. The van der Waals surface area contributed by atoms with Crippen LogP contribution in [0.1, 0.15) is 34.3 Å². The molecule has 0 fully saturated rings. The zero-order valence-corrected chi connectivity index (χ0v) is 12.2. The van der Waals surface area contributed by atoms with Crippen LogP contribution in [0.25, 0.3) is 0 Å². The van der Waals surface area contributed by atoms with Gasteiger partial charge in [0.2, 0.25) is 0 Å². The molecule has 2 N–H and O–H groups in total. The van der Waals surface area contributed by atoms with Crippen molar-refractivity contribution < 1.29 is 14.3 Å². The number of hydrogen-bond acceptors (Lipinski definition) is 2. The standard InChI is InChI=1S/C18H18FNO2/c19-16-10-4-2-8-14(16)17(21)20-12-18(22)11-5-7-13-6-1-3-9-15(13)18/h1-4,6,8-10,22H,5,7,11-12H2,(H,20,21). The number of halogens is 1. The zero-order valence-electron chi connectivity index (χ0n) is 12.2. The Morgan fingerprint density at radius 1 is 1.18 bits per heavy atom. The number of benzene rings is 2. The number of carbonyl (C=O) groups excluding carboxylic acids is 1. The van der Waals surface area contributed by atoms with Crippen molar-refractivity contribution in [1.29, 1.82) is 0 Å². The van der Waals surface area contributed by atoms with Crippen molar-refractivity contribution in [1.82, 2.24) is 5.32 Å². The third kappa shape index (κ3) is 2.74. The van der Waals surface area contributed by atoms with Gasteiger partial charge in [-0.15, -0.1) is 0 Å². The van der Waals surface area contributed by atoms with E-state index in [1.54, 1.807) is 6.07 Å². The van der Waals surface area contributed by atoms with Crippen molar-refractivity contribution in [2.24, 2.45) is 0 Å². The van der Waals surface area contributed by atoms with Gasteiger partial charge in [-0.3, -0.25) is 4.79 Å². The van der Waals surface area contributed by atoms with Gasteiger partial charge in [-0.25, -0.2) is 4.39 Å². The molecule has 0 heterocycles. The molecule has 2 aromatic carbocycles. The first kappa shape index (κ1) is 14.7. The Bertz CT molecular complexity index is 701. The summed E-state index contributed by atoms with van der Waals surface area (Å²) >= 11 is 0. The highest BCUT2D eigenvalue weighted by molar-refractivity contribution is 5.94. The van der Waals surface area contributed by atoms with Gasteiger partial charge in [0, 0.05) is 0 Å². The zero-order chi connectivity index (χ0) is 15.6. The molecule has 0 spiro atoms. The van der Waals surface area contributed by atoms with Gasteiger partial charge < -0.3 is 10.4 Å². The van der Waals surface area contributed by atoms with Crippen LogP contribution in [0.15, 0.2) is 48.5 Å². The fourth-order valence-corrected chi connectivity index (χ4v) is 3.05. The highest BCUT2D eigenvalue weighted by atomic mass is 19.1. The SMILES string of the molecule is O=C(NCC1(O)CCCc2ccccc21)c1ccccc1F. The molecule has 0 radical (unpaired) electrons. The molecule has 1 aliphatic carbocycles. The summed E-state index contributed by atoms with van der Waals surface area (Å²) in [5, 5.41) is 13.5. The van der Waals surface area contributed by atoms with E-state index in [1.165, 1.54) is 18.2 Å². The summed E-state index contributed by atoms with van der Waals surface area (Å²) in [6.45, 7) is 0.0805. The summed E-state index contributed by atoms with van der Waals surface area (Å²) in [7, 11) is 0. The van der Waals surface area contributed by atoms with Gasteiger partial charge in [0.1, 0.15) is 11.4 Å². The summed E-state index contributed by atoms with van der Waals surface area (Å²) in [5.74, 6) is -1.06. The van der Waals surface area contributed by atoms with E-state index < -0.39 is 17.3 Å². The predicted molar refractivity (Wildman–Crippen MR) is 82.0 cm³/mol. The second-order valence-electron chi connectivity index (χ2n) is 5.70. The molecule has 0 bridgehead atoms. The number of carbonyl (C=O) groups is 1. The molecule has 114 valence electrons. The van der Waals surface area contributed by atoms with Crippen molar-refractivity contribution in [2.45, 2.75) is 24.9 Å². The molecule has 3 rings (SSSR count). The van der Waals surface area contributed by atoms with E-state index in [0.29, 0.717) is 6.42 Å². The topological polar surface area (TPSA) is 49.3 Å². The highest BCUT2D eigenvalue weighted by Gasteiger charge is 2.34. The smallest absolute Gasteiger partial charge is 0.254 e. The largest absolute Gasteiger partial charge is 0.383 e. The molecule has 0 saturated heterocycles. The molecule has 1 unspecified atom stereocenters. The number of amides is 1. The van der Waals surface area contributed by atoms with Crippen molar-refractivity contribution in [3.63, 3.8) is 0 Å². The molecule has 1 aliphatic rings. The van der Waals surface area contributed by atoms with Crippen LogP contribution in [0.4, 0.5) is 4.39 Å². The van der Waals surface area contributed by atoms with E-state index in [0.717, 1.165) is 24.0 Å². The lowest BCUT2D eigenvalue weighted by Crippen LogP contribution is -2.43. The summed E-state index contributed by atoms with van der Waals surface area (Å²) in [5.41, 5.74) is 0.872. The number of aliphatic hydroxyl groups is 1. The average molecular weight is 299 g/mol. The fourth-order valence-electron chi connectivity index (χ4n) is 3.05. The van der Waals surface area contributed by atoms with Crippen LogP contribution in [0.5, 0.6) is 0 Å². The first-order valence-electron chi connectivity index (χ1n) is 7.44. The molecule has 1 amide bonds. The van der Waals surface area contributed by atoms with Gasteiger partial charge in [-0.05, 0) is 42.5 Å². The van der Waals surface area contributed by atoms with Crippen LogP contribution in [0, 0.1) is 5.82 Å². The van der Waals surface area contributed by atoms with E-state index in [2.05, 4.69) is 5.32 Å². The normalized spacial score (nSPS) is 20.3. The van der Waals surface area contributed by atoms with E-state index >= 15 is 0 Å². The molecule has 2 aromatic rings. The Labute approximate surface area is 128 Å². The van der Waals surface area contributed by atoms with Gasteiger partial charge in [0.15, 0.2) is 0 Å². The first-order valence-corrected chi connectivity index (χ1v) is 7.44. The number of aryl methyl sites for hydroxylation is 1. The monoisotopic (exact) mass is 299 g/mol. The molecule has 3 nitrogen and oxygen atoms in total. The average Bonchev–Trinajstić information content (AvgIpc) is 2.54. The molecular weight excluding hydrogens is 281 g/mol. The van der Waals surface area contributed by atoms with Gasteiger partial charge in [-0.1, -0.05) is 36.4 Å². The van der Waals surface area contributed by atoms with Crippen molar-refractivity contribution >= 4 is 5.91 Å². The van der Waals surface area contributed by atoms with Crippen LogP contribution in [0.2, 0.25) is 0 Å². The third-order valence-electron chi connectivity index (χ3n) is 4.22. The molecule has 0 saturated carbocycles. The molecule has 22 heavy (non-hydrogen) atoms. The van der Waals surface area contributed by atoms with E-state index in [1.807, 2.05) is 24.3 Å². The second-order valence-corrected chi connectivity index (χ2v) is 5.70. The van der Waals surface area contributed by atoms with Crippen LogP contribution in [-0.2, 0) is 12.0 Å². The van der Waals surface area contributed by atoms with E-state index in [4.69, 9.17) is 0 Å². The Hall–Kier alpha value is -2.20. The molecular formula is C18H18FNO2. The Morgan fingerprint density at radius 2 is 1.91 bits per heavy atom. The van der Waals surface area contributed by atoms with Gasteiger partial charge in [0.05, 0.1) is 12.1 Å². The highest BCUT2D eigenvalue weighted by Crippen LogP contribution is 2.34. The number of nitrogens with one attached hydrogen (secondary N) is 1. The quantitative estimate of drug-likeness (QED) is 0.915. The number of rotatable bonds is 3. The Balaban J connectivity index is 1.77. The van der Waals surface area contributed by atoms with Gasteiger partial charge in [0.25, 0.3) is 5.91 Å².